The normalized spacial score (nSPS) is 11.9. The summed E-state index contributed by atoms with van der Waals surface area (Å²) in [5, 5.41) is 0.350. The maximum absolute atomic E-state index is 12.9. The molecule has 0 saturated carbocycles. The predicted molar refractivity (Wildman–Crippen MR) is 61.5 cm³/mol. The number of carbonyl (C=O) groups excluding carboxylic acids is 1. The Balaban J connectivity index is 2.77. The summed E-state index contributed by atoms with van der Waals surface area (Å²) in [7, 11) is 0. The van der Waals surface area contributed by atoms with Crippen molar-refractivity contribution < 1.29 is 9.18 Å². The van der Waals surface area contributed by atoms with Crippen molar-refractivity contribution in [3.63, 3.8) is 0 Å². The van der Waals surface area contributed by atoms with Gasteiger partial charge in [-0.25, -0.2) is 4.39 Å². The fourth-order valence-corrected chi connectivity index (χ4v) is 1.42. The third kappa shape index (κ3) is 3.34. The molecule has 4 heteroatoms. The van der Waals surface area contributed by atoms with Crippen molar-refractivity contribution in [3.05, 3.63) is 34.6 Å². The number of hydrogen-bond acceptors (Lipinski definition) is 2. The van der Waals surface area contributed by atoms with E-state index in [9.17, 15) is 9.18 Å². The third-order valence-electron chi connectivity index (χ3n) is 2.12. The number of ketones is 1. The van der Waals surface area contributed by atoms with Crippen LogP contribution in [0.1, 0.15) is 12.0 Å². The summed E-state index contributed by atoms with van der Waals surface area (Å²) in [5.74, 6) is 1.63. The van der Waals surface area contributed by atoms with Crippen molar-refractivity contribution in [2.24, 2.45) is 5.73 Å². The van der Waals surface area contributed by atoms with Crippen molar-refractivity contribution in [2.75, 3.05) is 0 Å². The molecule has 0 aliphatic heterocycles. The maximum atomic E-state index is 12.9. The van der Waals surface area contributed by atoms with E-state index in [0.717, 1.165) is 0 Å². The van der Waals surface area contributed by atoms with Crippen LogP contribution in [0.3, 0.4) is 0 Å². The van der Waals surface area contributed by atoms with Crippen molar-refractivity contribution in [2.45, 2.75) is 18.9 Å². The quantitative estimate of drug-likeness (QED) is 0.816. The minimum Gasteiger partial charge on any atom is -0.321 e. The van der Waals surface area contributed by atoms with Crippen molar-refractivity contribution in [3.8, 4) is 12.3 Å². The van der Waals surface area contributed by atoms with Gasteiger partial charge in [0.1, 0.15) is 5.82 Å². The minimum absolute atomic E-state index is 0.000556. The molecule has 2 N–H and O–H groups in total. The highest BCUT2D eigenvalue weighted by molar-refractivity contribution is 6.31. The smallest absolute Gasteiger partial charge is 0.154 e. The Bertz CT molecular complexity index is 439. The molecule has 16 heavy (non-hydrogen) atoms. The Kier molecular flexibility index (Phi) is 4.48. The van der Waals surface area contributed by atoms with Crippen LogP contribution in [0, 0.1) is 18.2 Å². The van der Waals surface area contributed by atoms with Crippen LogP contribution in [-0.2, 0) is 11.2 Å². The Hall–Kier alpha value is -1.37. The van der Waals surface area contributed by atoms with Gasteiger partial charge in [-0.05, 0) is 23.8 Å². The van der Waals surface area contributed by atoms with Crippen LogP contribution in [-0.4, -0.2) is 11.8 Å². The number of carbonyl (C=O) groups is 1. The lowest BCUT2D eigenvalue weighted by atomic mass is 10.0. The summed E-state index contributed by atoms with van der Waals surface area (Å²) in [6.07, 6.45) is 5.22. The number of rotatable bonds is 4. The van der Waals surface area contributed by atoms with E-state index in [1.54, 1.807) is 0 Å². The molecule has 0 spiro atoms. The summed E-state index contributed by atoms with van der Waals surface area (Å²) >= 11 is 5.82. The van der Waals surface area contributed by atoms with E-state index in [4.69, 9.17) is 23.8 Å². The van der Waals surface area contributed by atoms with E-state index in [1.165, 1.54) is 18.2 Å². The van der Waals surface area contributed by atoms with Gasteiger partial charge in [-0.2, -0.15) is 0 Å². The maximum Gasteiger partial charge on any atom is 0.154 e. The first-order valence-corrected chi connectivity index (χ1v) is 5.08. The van der Waals surface area contributed by atoms with E-state index >= 15 is 0 Å². The van der Waals surface area contributed by atoms with E-state index < -0.39 is 11.9 Å². The van der Waals surface area contributed by atoms with Crippen LogP contribution in [0.25, 0.3) is 0 Å². The van der Waals surface area contributed by atoms with Gasteiger partial charge in [-0.3, -0.25) is 4.79 Å². The minimum atomic E-state index is -0.718. The molecule has 0 aromatic heterocycles. The number of nitrogens with two attached hydrogens (primary N) is 1. The summed E-state index contributed by atoms with van der Waals surface area (Å²) in [6, 6.07) is 3.15. The highest BCUT2D eigenvalue weighted by Crippen LogP contribution is 2.18. The molecule has 0 fully saturated rings. The van der Waals surface area contributed by atoms with Gasteiger partial charge in [-0.15, -0.1) is 12.3 Å². The molecule has 0 aliphatic rings. The van der Waals surface area contributed by atoms with Gasteiger partial charge >= 0.3 is 0 Å². The Morgan fingerprint density at radius 1 is 1.62 bits per heavy atom. The first-order valence-electron chi connectivity index (χ1n) is 4.70. The number of halogens is 2. The number of terminal acetylenes is 1. The molecule has 0 bridgehead atoms. The van der Waals surface area contributed by atoms with E-state index in [1.807, 2.05) is 0 Å². The lowest BCUT2D eigenvalue weighted by molar-refractivity contribution is -0.119. The zero-order valence-electron chi connectivity index (χ0n) is 8.54. The van der Waals surface area contributed by atoms with Crippen LogP contribution in [0.2, 0.25) is 5.02 Å². The largest absolute Gasteiger partial charge is 0.321 e. The van der Waals surface area contributed by atoms with E-state index in [0.29, 0.717) is 10.6 Å². The van der Waals surface area contributed by atoms with Crippen LogP contribution >= 0.6 is 11.6 Å². The summed E-state index contributed by atoms with van der Waals surface area (Å²) < 4.78 is 12.9. The standard InChI is InChI=1S/C12H11ClFNO/c1-2-3-11(15)12(16)7-8-6-9(14)4-5-10(8)13/h1,4-6,11H,3,7,15H2. The van der Waals surface area contributed by atoms with Crippen molar-refractivity contribution in [1.29, 1.82) is 0 Å². The molecule has 1 rings (SSSR count). The van der Waals surface area contributed by atoms with Crippen LogP contribution in [0.15, 0.2) is 18.2 Å². The molecule has 0 amide bonds. The number of hydrogen-bond donors (Lipinski definition) is 1. The van der Waals surface area contributed by atoms with Gasteiger partial charge in [0.15, 0.2) is 5.78 Å². The van der Waals surface area contributed by atoms with E-state index in [-0.39, 0.29) is 18.6 Å². The topological polar surface area (TPSA) is 43.1 Å². The highest BCUT2D eigenvalue weighted by atomic mass is 35.5. The summed E-state index contributed by atoms with van der Waals surface area (Å²) in [5.41, 5.74) is 5.96. The van der Waals surface area contributed by atoms with Gasteiger partial charge in [0, 0.05) is 17.9 Å². The Morgan fingerprint density at radius 3 is 2.94 bits per heavy atom. The second-order valence-corrected chi connectivity index (χ2v) is 3.80. The average Bonchev–Trinajstić information content (AvgIpc) is 2.23. The monoisotopic (exact) mass is 239 g/mol. The van der Waals surface area contributed by atoms with Crippen LogP contribution in [0.4, 0.5) is 4.39 Å². The van der Waals surface area contributed by atoms with Gasteiger partial charge in [0.25, 0.3) is 0 Å². The molecular formula is C12H11ClFNO. The molecule has 0 saturated heterocycles. The van der Waals surface area contributed by atoms with Crippen LogP contribution < -0.4 is 5.73 Å². The Labute approximate surface area is 98.6 Å². The third-order valence-corrected chi connectivity index (χ3v) is 2.49. The summed E-state index contributed by atoms with van der Waals surface area (Å²) in [6.45, 7) is 0. The van der Waals surface area contributed by atoms with Gasteiger partial charge in [-0.1, -0.05) is 11.6 Å². The predicted octanol–water partition coefficient (Wildman–Crippen LogP) is 1.94. The molecule has 84 valence electrons. The number of benzene rings is 1. The molecule has 1 aromatic rings. The second-order valence-electron chi connectivity index (χ2n) is 3.39. The molecular weight excluding hydrogens is 229 g/mol. The van der Waals surface area contributed by atoms with Crippen molar-refractivity contribution >= 4 is 17.4 Å². The molecule has 1 aromatic carbocycles. The van der Waals surface area contributed by atoms with Gasteiger partial charge < -0.3 is 5.73 Å². The first kappa shape index (κ1) is 12.7. The molecule has 2 nitrogen and oxygen atoms in total. The SMILES string of the molecule is C#CCC(N)C(=O)Cc1cc(F)ccc1Cl. The summed E-state index contributed by atoms with van der Waals surface area (Å²) in [4.78, 5) is 11.6. The molecule has 0 heterocycles. The molecule has 0 radical (unpaired) electrons. The molecule has 0 aliphatic carbocycles. The highest BCUT2D eigenvalue weighted by Gasteiger charge is 2.14. The van der Waals surface area contributed by atoms with E-state index in [2.05, 4.69) is 5.92 Å². The molecule has 1 unspecified atom stereocenters. The lowest BCUT2D eigenvalue weighted by Gasteiger charge is -2.08. The number of Topliss-reactive ketones (excluding diaryl/α,β-unsaturated/α-hetero) is 1. The fourth-order valence-electron chi connectivity index (χ4n) is 1.24. The average molecular weight is 240 g/mol. The van der Waals surface area contributed by atoms with Crippen LogP contribution in [0.5, 0.6) is 0 Å². The first-order chi connectivity index (χ1) is 7.54. The molecule has 1 atom stereocenters. The van der Waals surface area contributed by atoms with Gasteiger partial charge in [0.05, 0.1) is 6.04 Å². The fraction of sp³-hybridized carbons (Fsp3) is 0.250. The Morgan fingerprint density at radius 2 is 2.31 bits per heavy atom. The van der Waals surface area contributed by atoms with Gasteiger partial charge in [0.2, 0.25) is 0 Å². The van der Waals surface area contributed by atoms with Crippen molar-refractivity contribution in [1.82, 2.24) is 0 Å². The zero-order chi connectivity index (χ0) is 12.1. The second kappa shape index (κ2) is 5.64. The zero-order valence-corrected chi connectivity index (χ0v) is 9.30. The lowest BCUT2D eigenvalue weighted by Crippen LogP contribution is -2.31.